The van der Waals surface area contributed by atoms with Crippen LogP contribution in [0.4, 0.5) is 0 Å². The number of rotatable bonds is 5. The van der Waals surface area contributed by atoms with Crippen molar-refractivity contribution in [3.05, 3.63) is 0 Å². The van der Waals surface area contributed by atoms with Gasteiger partial charge < -0.3 is 5.32 Å². The van der Waals surface area contributed by atoms with E-state index in [-0.39, 0.29) is 0 Å². The van der Waals surface area contributed by atoms with E-state index in [2.05, 4.69) is 19.2 Å². The highest BCUT2D eigenvalue weighted by molar-refractivity contribution is 7.86. The number of nitrogens with zero attached hydrogens (tertiary/aromatic N) is 2. The number of hydrogen-bond donors (Lipinski definition) is 1. The summed E-state index contributed by atoms with van der Waals surface area (Å²) in [4.78, 5) is 0. The van der Waals surface area contributed by atoms with E-state index < -0.39 is 10.2 Å². The molecule has 2 saturated heterocycles. The van der Waals surface area contributed by atoms with Gasteiger partial charge in [0, 0.05) is 32.2 Å². The van der Waals surface area contributed by atoms with Gasteiger partial charge in [-0.15, -0.1) is 0 Å². The smallest absolute Gasteiger partial charge is 0.282 e. The van der Waals surface area contributed by atoms with Gasteiger partial charge in [-0.05, 0) is 37.6 Å². The maximum absolute atomic E-state index is 12.9. The fourth-order valence-corrected chi connectivity index (χ4v) is 5.58. The topological polar surface area (TPSA) is 52.7 Å². The van der Waals surface area contributed by atoms with Gasteiger partial charge >= 0.3 is 0 Å². The van der Waals surface area contributed by atoms with Crippen LogP contribution in [0.25, 0.3) is 0 Å². The lowest BCUT2D eigenvalue weighted by Crippen LogP contribution is -2.53. The lowest BCUT2D eigenvalue weighted by molar-refractivity contribution is 0.205. The minimum atomic E-state index is -3.31. The minimum Gasteiger partial charge on any atom is -0.313 e. The first-order chi connectivity index (χ1) is 9.93. The average Bonchev–Trinajstić information content (AvgIpc) is 2.44. The minimum absolute atomic E-state index is 0.313. The third-order valence-electron chi connectivity index (χ3n) is 4.68. The summed E-state index contributed by atoms with van der Waals surface area (Å²) in [7, 11) is -3.31. The Labute approximate surface area is 130 Å². The highest BCUT2D eigenvalue weighted by Crippen LogP contribution is 2.25. The lowest BCUT2D eigenvalue weighted by atomic mass is 9.94. The zero-order valence-electron chi connectivity index (χ0n) is 13.7. The molecule has 3 atom stereocenters. The van der Waals surface area contributed by atoms with Crippen molar-refractivity contribution in [2.24, 2.45) is 11.8 Å². The molecule has 21 heavy (non-hydrogen) atoms. The highest BCUT2D eigenvalue weighted by atomic mass is 32.2. The van der Waals surface area contributed by atoms with Crippen LogP contribution >= 0.6 is 0 Å². The number of likely N-dealkylation sites (N-methyl/N-ethyl adjacent to an activating group) is 1. The molecule has 5 nitrogen and oxygen atoms in total. The Morgan fingerprint density at radius 3 is 2.38 bits per heavy atom. The molecule has 0 aliphatic carbocycles. The second-order valence-corrected chi connectivity index (χ2v) is 8.80. The van der Waals surface area contributed by atoms with Gasteiger partial charge in [-0.3, -0.25) is 0 Å². The summed E-state index contributed by atoms with van der Waals surface area (Å²) in [6, 6.07) is 0.313. The van der Waals surface area contributed by atoms with Crippen molar-refractivity contribution >= 4 is 10.2 Å². The van der Waals surface area contributed by atoms with E-state index in [1.807, 2.05) is 6.92 Å². The first kappa shape index (κ1) is 17.2. The van der Waals surface area contributed by atoms with Crippen LogP contribution in [-0.4, -0.2) is 55.8 Å². The molecule has 0 aromatic carbocycles. The summed E-state index contributed by atoms with van der Waals surface area (Å²) >= 11 is 0. The maximum atomic E-state index is 12.9. The Balaban J connectivity index is 2.03. The van der Waals surface area contributed by atoms with Crippen LogP contribution in [0.5, 0.6) is 0 Å². The third-order valence-corrected chi connectivity index (χ3v) is 6.69. The summed E-state index contributed by atoms with van der Waals surface area (Å²) in [5.41, 5.74) is 0. The molecule has 2 rings (SSSR count). The number of hydrogen-bond acceptors (Lipinski definition) is 3. The SMILES string of the molecule is CCN(CC1CCCCN1)S(=O)(=O)N1CC(C)CC(C)C1. The first-order valence-electron chi connectivity index (χ1n) is 8.42. The van der Waals surface area contributed by atoms with Crippen LogP contribution in [0.2, 0.25) is 0 Å². The van der Waals surface area contributed by atoms with Crippen molar-refractivity contribution in [2.45, 2.75) is 52.5 Å². The van der Waals surface area contributed by atoms with Gasteiger partial charge in [-0.1, -0.05) is 27.2 Å². The molecule has 0 amide bonds. The normalized spacial score (nSPS) is 32.5. The molecule has 1 N–H and O–H groups in total. The van der Waals surface area contributed by atoms with E-state index in [0.717, 1.165) is 19.4 Å². The van der Waals surface area contributed by atoms with Gasteiger partial charge in [0.15, 0.2) is 0 Å². The summed E-state index contributed by atoms with van der Waals surface area (Å²) in [6.45, 7) is 9.76. The first-order valence-corrected chi connectivity index (χ1v) is 9.81. The van der Waals surface area contributed by atoms with E-state index in [4.69, 9.17) is 0 Å². The Morgan fingerprint density at radius 1 is 1.19 bits per heavy atom. The Morgan fingerprint density at radius 2 is 1.86 bits per heavy atom. The molecule has 0 aromatic rings. The molecule has 2 aliphatic heterocycles. The van der Waals surface area contributed by atoms with Crippen molar-refractivity contribution in [2.75, 3.05) is 32.7 Å². The third kappa shape index (κ3) is 4.41. The van der Waals surface area contributed by atoms with E-state index >= 15 is 0 Å². The fourth-order valence-electron chi connectivity index (χ4n) is 3.67. The van der Waals surface area contributed by atoms with Crippen molar-refractivity contribution in [1.82, 2.24) is 13.9 Å². The summed E-state index contributed by atoms with van der Waals surface area (Å²) in [5, 5.41) is 3.45. The molecule has 0 saturated carbocycles. The fraction of sp³-hybridized carbons (Fsp3) is 1.00. The van der Waals surface area contributed by atoms with E-state index in [1.54, 1.807) is 8.61 Å². The predicted molar refractivity (Wildman–Crippen MR) is 86.3 cm³/mol. The van der Waals surface area contributed by atoms with Crippen molar-refractivity contribution in [3.8, 4) is 0 Å². The molecule has 2 heterocycles. The summed E-state index contributed by atoms with van der Waals surface area (Å²) < 4.78 is 29.2. The second kappa shape index (κ2) is 7.40. The van der Waals surface area contributed by atoms with Crippen LogP contribution in [0.1, 0.15) is 46.5 Å². The van der Waals surface area contributed by atoms with Gasteiger partial charge in [0.1, 0.15) is 0 Å². The van der Waals surface area contributed by atoms with Gasteiger partial charge in [0.2, 0.25) is 0 Å². The molecule has 3 unspecified atom stereocenters. The van der Waals surface area contributed by atoms with Crippen LogP contribution in [0.3, 0.4) is 0 Å². The Bertz CT molecular complexity index is 411. The second-order valence-electron chi connectivity index (χ2n) is 6.87. The number of piperidine rings is 2. The largest absolute Gasteiger partial charge is 0.313 e. The van der Waals surface area contributed by atoms with Crippen molar-refractivity contribution < 1.29 is 8.42 Å². The quantitative estimate of drug-likeness (QED) is 0.839. The molecular weight excluding hydrogens is 286 g/mol. The molecule has 0 spiro atoms. The van der Waals surface area contributed by atoms with E-state index in [0.29, 0.717) is 44.1 Å². The van der Waals surface area contributed by atoms with Crippen LogP contribution in [-0.2, 0) is 10.2 Å². The van der Waals surface area contributed by atoms with Gasteiger partial charge in [0.25, 0.3) is 10.2 Å². The monoisotopic (exact) mass is 317 g/mol. The maximum Gasteiger partial charge on any atom is 0.282 e. The van der Waals surface area contributed by atoms with Gasteiger partial charge in [0.05, 0.1) is 0 Å². The molecule has 0 radical (unpaired) electrons. The molecule has 2 aliphatic rings. The van der Waals surface area contributed by atoms with Crippen molar-refractivity contribution in [1.29, 1.82) is 0 Å². The molecule has 6 heteroatoms. The zero-order valence-corrected chi connectivity index (χ0v) is 14.5. The molecular formula is C15H31N3O2S. The molecule has 0 aromatic heterocycles. The standard InChI is InChI=1S/C15H31N3O2S/c1-4-17(12-15-7-5-6-8-16-15)21(19,20)18-10-13(2)9-14(3)11-18/h13-16H,4-12H2,1-3H3. The van der Waals surface area contributed by atoms with Crippen molar-refractivity contribution in [3.63, 3.8) is 0 Å². The highest BCUT2D eigenvalue weighted by Gasteiger charge is 2.35. The van der Waals surface area contributed by atoms with Gasteiger partial charge in [-0.2, -0.15) is 17.0 Å². The molecule has 124 valence electrons. The number of nitrogens with one attached hydrogen (secondary N) is 1. The van der Waals surface area contributed by atoms with Crippen LogP contribution < -0.4 is 5.32 Å². The molecule has 0 bridgehead atoms. The van der Waals surface area contributed by atoms with Gasteiger partial charge in [-0.25, -0.2) is 0 Å². The molecule has 2 fully saturated rings. The lowest BCUT2D eigenvalue weighted by Gasteiger charge is -2.38. The Hall–Kier alpha value is -0.170. The van der Waals surface area contributed by atoms with Crippen LogP contribution in [0.15, 0.2) is 0 Å². The summed E-state index contributed by atoms with van der Waals surface area (Å²) in [5.74, 6) is 0.907. The Kier molecular flexibility index (Phi) is 6.05. The van der Waals surface area contributed by atoms with Crippen LogP contribution in [0, 0.1) is 11.8 Å². The van der Waals surface area contributed by atoms with E-state index in [9.17, 15) is 8.42 Å². The zero-order chi connectivity index (χ0) is 15.5. The average molecular weight is 317 g/mol. The van der Waals surface area contributed by atoms with E-state index in [1.165, 1.54) is 12.8 Å². The summed E-state index contributed by atoms with van der Waals surface area (Å²) in [6.07, 6.45) is 4.62. The predicted octanol–water partition coefficient (Wildman–Crippen LogP) is 1.67.